The van der Waals surface area contributed by atoms with Gasteiger partial charge in [-0.15, -0.1) is 0 Å². The van der Waals surface area contributed by atoms with Crippen molar-refractivity contribution >= 4 is 5.69 Å². The Morgan fingerprint density at radius 3 is 2.50 bits per heavy atom. The molecule has 1 aliphatic heterocycles. The molecule has 2 aromatic rings. The van der Waals surface area contributed by atoms with E-state index in [1.54, 1.807) is 7.11 Å². The molecule has 1 N–H and O–H groups in total. The first kappa shape index (κ1) is 18.7. The summed E-state index contributed by atoms with van der Waals surface area (Å²) in [7, 11) is 1.71. The minimum Gasteiger partial charge on any atom is -0.485 e. The summed E-state index contributed by atoms with van der Waals surface area (Å²) in [6.07, 6.45) is -0.313. The Kier molecular flexibility index (Phi) is 5.54. The Morgan fingerprint density at radius 2 is 1.85 bits per heavy atom. The lowest BCUT2D eigenvalue weighted by molar-refractivity contribution is -0.148. The molecule has 0 fully saturated rings. The molecule has 2 atom stereocenters. The second-order valence-electron chi connectivity index (χ2n) is 7.33. The molecule has 140 valence electrons. The maximum Gasteiger partial charge on any atom is 0.132 e. The van der Waals surface area contributed by atoms with E-state index in [0.717, 1.165) is 23.5 Å². The summed E-state index contributed by atoms with van der Waals surface area (Å²) < 4.78 is 18.0. The Labute approximate surface area is 156 Å². The number of aryl methyl sites for hydroxylation is 1. The molecular weight excluding hydrogens is 326 g/mol. The largest absolute Gasteiger partial charge is 0.485 e. The fourth-order valence-electron chi connectivity index (χ4n) is 3.52. The molecule has 0 aliphatic carbocycles. The summed E-state index contributed by atoms with van der Waals surface area (Å²) in [5.74, 6) is 0.864. The van der Waals surface area contributed by atoms with E-state index in [0.29, 0.717) is 6.61 Å². The number of hydrogen-bond donors (Lipinski definition) is 1. The predicted molar refractivity (Wildman–Crippen MR) is 105 cm³/mol. The minimum atomic E-state index is -0.446. The van der Waals surface area contributed by atoms with Gasteiger partial charge in [-0.05, 0) is 51.5 Å². The fraction of sp³-hybridized carbons (Fsp3) is 0.455. The number of fused-ring (bicyclic) bond motifs is 1. The highest BCUT2D eigenvalue weighted by molar-refractivity contribution is 5.53. The molecule has 0 radical (unpaired) electrons. The summed E-state index contributed by atoms with van der Waals surface area (Å²) in [6, 6.07) is 14.8. The molecule has 0 bridgehead atoms. The van der Waals surface area contributed by atoms with E-state index in [-0.39, 0.29) is 12.2 Å². The van der Waals surface area contributed by atoms with Crippen LogP contribution in [0.3, 0.4) is 0 Å². The molecule has 4 nitrogen and oxygen atoms in total. The van der Waals surface area contributed by atoms with Gasteiger partial charge in [0.05, 0.1) is 0 Å². The molecule has 0 saturated heterocycles. The second kappa shape index (κ2) is 7.68. The van der Waals surface area contributed by atoms with E-state index in [9.17, 15) is 0 Å². The molecule has 26 heavy (non-hydrogen) atoms. The summed E-state index contributed by atoms with van der Waals surface area (Å²) in [4.78, 5) is 0. The van der Waals surface area contributed by atoms with Gasteiger partial charge in [-0.2, -0.15) is 0 Å². The van der Waals surface area contributed by atoms with E-state index in [1.807, 2.05) is 26.8 Å². The van der Waals surface area contributed by atoms with Gasteiger partial charge in [0.25, 0.3) is 0 Å². The van der Waals surface area contributed by atoms with Crippen LogP contribution < -0.4 is 10.1 Å². The molecule has 2 aromatic carbocycles. The smallest absolute Gasteiger partial charge is 0.132 e. The van der Waals surface area contributed by atoms with E-state index < -0.39 is 5.60 Å². The van der Waals surface area contributed by atoms with Crippen LogP contribution in [0.1, 0.15) is 43.6 Å². The predicted octanol–water partition coefficient (Wildman–Crippen LogP) is 4.87. The molecule has 0 aromatic heterocycles. The van der Waals surface area contributed by atoms with E-state index in [2.05, 4.69) is 48.6 Å². The maximum absolute atomic E-state index is 6.20. The first-order chi connectivity index (χ1) is 12.4. The number of rotatable bonds is 6. The van der Waals surface area contributed by atoms with Gasteiger partial charge in [0.1, 0.15) is 23.6 Å². The van der Waals surface area contributed by atoms with Gasteiger partial charge in [0, 0.05) is 31.5 Å². The first-order valence-corrected chi connectivity index (χ1v) is 9.21. The lowest BCUT2D eigenvalue weighted by Crippen LogP contribution is -2.50. The summed E-state index contributed by atoms with van der Waals surface area (Å²) in [5.41, 5.74) is 4.16. The topological polar surface area (TPSA) is 39.7 Å². The summed E-state index contributed by atoms with van der Waals surface area (Å²) in [6.45, 7) is 9.59. The third-order valence-corrected chi connectivity index (χ3v) is 4.87. The fourth-order valence-corrected chi connectivity index (χ4v) is 3.52. The van der Waals surface area contributed by atoms with Crippen LogP contribution in [0, 0.1) is 6.92 Å². The van der Waals surface area contributed by atoms with Gasteiger partial charge in [0.2, 0.25) is 0 Å². The van der Waals surface area contributed by atoms with Crippen molar-refractivity contribution in [1.29, 1.82) is 0 Å². The highest BCUT2D eigenvalue weighted by Gasteiger charge is 2.44. The highest BCUT2D eigenvalue weighted by Crippen LogP contribution is 2.44. The molecule has 3 rings (SSSR count). The number of methoxy groups -OCH3 is 1. The zero-order valence-electron chi connectivity index (χ0n) is 16.3. The van der Waals surface area contributed by atoms with Crippen LogP contribution in [0.2, 0.25) is 0 Å². The SMILES string of the molecule is CCOC1c2cc(NCc3ccc(C)cc3)ccc2OC(C)(C)C1OC. The Balaban J connectivity index is 1.83. The second-order valence-corrected chi connectivity index (χ2v) is 7.33. The number of hydrogen-bond acceptors (Lipinski definition) is 4. The lowest BCUT2D eigenvalue weighted by atomic mass is 9.88. The monoisotopic (exact) mass is 355 g/mol. The molecular formula is C22H29NO3. The van der Waals surface area contributed by atoms with Crippen molar-refractivity contribution in [2.45, 2.75) is 52.0 Å². The molecule has 1 aliphatic rings. The average molecular weight is 355 g/mol. The zero-order chi connectivity index (χ0) is 18.7. The third-order valence-electron chi connectivity index (χ3n) is 4.87. The van der Waals surface area contributed by atoms with Gasteiger partial charge >= 0.3 is 0 Å². The maximum atomic E-state index is 6.20. The van der Waals surface area contributed by atoms with Crippen molar-refractivity contribution in [3.63, 3.8) is 0 Å². The zero-order valence-corrected chi connectivity index (χ0v) is 16.3. The van der Waals surface area contributed by atoms with Gasteiger partial charge < -0.3 is 19.5 Å². The molecule has 2 unspecified atom stereocenters. The molecule has 4 heteroatoms. The minimum absolute atomic E-state index is 0.148. The summed E-state index contributed by atoms with van der Waals surface area (Å²) >= 11 is 0. The van der Waals surface area contributed by atoms with Crippen molar-refractivity contribution in [2.24, 2.45) is 0 Å². The van der Waals surface area contributed by atoms with Crippen molar-refractivity contribution < 1.29 is 14.2 Å². The normalized spacial score (nSPS) is 21.0. The van der Waals surface area contributed by atoms with Crippen molar-refractivity contribution in [1.82, 2.24) is 0 Å². The molecule has 0 saturated carbocycles. The standard InChI is InChI=1S/C22H29NO3/c1-6-25-20-18-13-17(23-14-16-9-7-15(2)8-10-16)11-12-19(18)26-22(3,4)21(20)24-5/h7-13,20-21,23H,6,14H2,1-5H3. The first-order valence-electron chi connectivity index (χ1n) is 9.21. The van der Waals surface area contributed by atoms with Crippen LogP contribution >= 0.6 is 0 Å². The molecule has 0 amide bonds. The van der Waals surface area contributed by atoms with Crippen LogP contribution in [0.25, 0.3) is 0 Å². The van der Waals surface area contributed by atoms with Crippen molar-refractivity contribution in [3.05, 3.63) is 59.2 Å². The van der Waals surface area contributed by atoms with Crippen LogP contribution in [0.5, 0.6) is 5.75 Å². The van der Waals surface area contributed by atoms with E-state index >= 15 is 0 Å². The van der Waals surface area contributed by atoms with E-state index in [4.69, 9.17) is 14.2 Å². The van der Waals surface area contributed by atoms with Gasteiger partial charge in [-0.1, -0.05) is 29.8 Å². The third kappa shape index (κ3) is 3.87. The Bertz CT molecular complexity index is 740. The Morgan fingerprint density at radius 1 is 1.12 bits per heavy atom. The highest BCUT2D eigenvalue weighted by atomic mass is 16.6. The van der Waals surface area contributed by atoms with Gasteiger partial charge in [-0.25, -0.2) is 0 Å². The van der Waals surface area contributed by atoms with Gasteiger partial charge in [-0.3, -0.25) is 0 Å². The van der Waals surface area contributed by atoms with Gasteiger partial charge in [0.15, 0.2) is 0 Å². The van der Waals surface area contributed by atoms with Crippen molar-refractivity contribution in [3.8, 4) is 5.75 Å². The van der Waals surface area contributed by atoms with Crippen LogP contribution in [-0.4, -0.2) is 25.4 Å². The molecule has 0 spiro atoms. The number of benzene rings is 2. The quantitative estimate of drug-likeness (QED) is 0.802. The van der Waals surface area contributed by atoms with E-state index in [1.165, 1.54) is 11.1 Å². The number of ether oxygens (including phenoxy) is 3. The van der Waals surface area contributed by atoms with Crippen LogP contribution in [-0.2, 0) is 16.0 Å². The summed E-state index contributed by atoms with van der Waals surface area (Å²) in [5, 5.41) is 3.49. The number of nitrogens with one attached hydrogen (secondary N) is 1. The molecule has 1 heterocycles. The van der Waals surface area contributed by atoms with Crippen LogP contribution in [0.4, 0.5) is 5.69 Å². The Hall–Kier alpha value is -2.04. The number of anilines is 1. The average Bonchev–Trinajstić information content (AvgIpc) is 2.61. The lowest BCUT2D eigenvalue weighted by Gasteiger charge is -2.43. The van der Waals surface area contributed by atoms with Crippen LogP contribution in [0.15, 0.2) is 42.5 Å². The van der Waals surface area contributed by atoms with Crippen molar-refractivity contribution in [2.75, 3.05) is 19.0 Å².